The van der Waals surface area contributed by atoms with Gasteiger partial charge in [0.05, 0.1) is 11.0 Å². The molecule has 2 aromatic heterocycles. The van der Waals surface area contributed by atoms with Gasteiger partial charge >= 0.3 is 0 Å². The predicted octanol–water partition coefficient (Wildman–Crippen LogP) is 2.99. The van der Waals surface area contributed by atoms with Gasteiger partial charge in [0.15, 0.2) is 0 Å². The second-order valence-electron chi connectivity index (χ2n) is 8.03. The van der Waals surface area contributed by atoms with Crippen molar-refractivity contribution in [3.63, 3.8) is 0 Å². The number of aryl methyl sites for hydroxylation is 2. The third-order valence-corrected chi connectivity index (χ3v) is 7.06. The lowest BCUT2D eigenvalue weighted by atomic mass is 9.83. The first kappa shape index (κ1) is 20.6. The fourth-order valence-electron chi connectivity index (χ4n) is 3.76. The Morgan fingerprint density at radius 2 is 1.93 bits per heavy atom. The Kier molecular flexibility index (Phi) is 5.40. The smallest absolute Gasteiger partial charge is 0.240 e. The van der Waals surface area contributed by atoms with Gasteiger partial charge in [-0.1, -0.05) is 6.07 Å². The van der Waals surface area contributed by atoms with E-state index in [9.17, 15) is 13.5 Å². The summed E-state index contributed by atoms with van der Waals surface area (Å²) in [7, 11) is -3.65. The van der Waals surface area contributed by atoms with Crippen LogP contribution in [0, 0.1) is 19.8 Å². The zero-order valence-corrected chi connectivity index (χ0v) is 17.8. The number of nitrogen functional groups attached to an aromatic ring is 1. The highest BCUT2D eigenvalue weighted by molar-refractivity contribution is 7.89. The monoisotopic (exact) mass is 426 g/mol. The van der Waals surface area contributed by atoms with Crippen LogP contribution in [0.4, 0.5) is 5.82 Å². The van der Waals surface area contributed by atoms with Crippen molar-refractivity contribution in [3.05, 3.63) is 53.9 Å². The summed E-state index contributed by atoms with van der Waals surface area (Å²) in [5.41, 5.74) is 11.3. The van der Waals surface area contributed by atoms with Crippen molar-refractivity contribution >= 4 is 15.8 Å². The number of nitrogens with two attached hydrogens (primary N) is 1. The average molecular weight is 427 g/mol. The Morgan fingerprint density at radius 3 is 2.60 bits per heavy atom. The van der Waals surface area contributed by atoms with Gasteiger partial charge in [-0.05, 0) is 74.1 Å². The number of aromatic nitrogens is 2. The molecule has 0 aliphatic heterocycles. The minimum absolute atomic E-state index is 0.188. The molecule has 158 valence electrons. The highest BCUT2D eigenvalue weighted by atomic mass is 32.2. The number of aliphatic hydroxyl groups is 1. The van der Waals surface area contributed by atoms with Crippen LogP contribution >= 0.6 is 0 Å². The molecule has 0 atom stereocenters. The van der Waals surface area contributed by atoms with E-state index in [4.69, 9.17) is 5.73 Å². The molecule has 4 rings (SSSR count). The van der Waals surface area contributed by atoms with Gasteiger partial charge in [0.2, 0.25) is 10.0 Å². The molecule has 0 bridgehead atoms. The van der Waals surface area contributed by atoms with E-state index in [2.05, 4.69) is 14.7 Å². The van der Waals surface area contributed by atoms with Gasteiger partial charge in [-0.25, -0.2) is 18.1 Å². The van der Waals surface area contributed by atoms with E-state index in [1.165, 1.54) is 0 Å². The Labute approximate surface area is 176 Å². The SMILES string of the molecule is Cc1ccc(-c2cc(-c3cc(S(=O)(=O)NCC4CC(O)C4)ccc3C)cnc2N)[nH]1. The van der Waals surface area contributed by atoms with E-state index in [1.54, 1.807) is 24.4 Å². The number of hydrogen-bond donors (Lipinski definition) is 4. The molecule has 1 aliphatic carbocycles. The lowest BCUT2D eigenvalue weighted by molar-refractivity contribution is 0.0453. The van der Waals surface area contributed by atoms with Crippen molar-refractivity contribution < 1.29 is 13.5 Å². The molecule has 0 spiro atoms. The summed E-state index contributed by atoms with van der Waals surface area (Å²) in [5, 5.41) is 9.39. The van der Waals surface area contributed by atoms with E-state index >= 15 is 0 Å². The van der Waals surface area contributed by atoms with Gasteiger partial charge in [0.25, 0.3) is 0 Å². The van der Waals surface area contributed by atoms with Crippen LogP contribution in [0.3, 0.4) is 0 Å². The lowest BCUT2D eigenvalue weighted by Gasteiger charge is -2.31. The number of pyridine rings is 1. The van der Waals surface area contributed by atoms with Crippen LogP contribution in [0.25, 0.3) is 22.4 Å². The van der Waals surface area contributed by atoms with Crippen LogP contribution in [-0.2, 0) is 10.0 Å². The summed E-state index contributed by atoms with van der Waals surface area (Å²) >= 11 is 0. The van der Waals surface area contributed by atoms with Crippen molar-refractivity contribution in [1.29, 1.82) is 0 Å². The number of nitrogens with zero attached hydrogens (tertiary/aromatic N) is 1. The van der Waals surface area contributed by atoms with E-state index in [0.29, 0.717) is 25.2 Å². The van der Waals surface area contributed by atoms with E-state index < -0.39 is 10.0 Å². The van der Waals surface area contributed by atoms with Crippen LogP contribution < -0.4 is 10.5 Å². The van der Waals surface area contributed by atoms with Crippen molar-refractivity contribution in [2.45, 2.75) is 37.7 Å². The maximum Gasteiger partial charge on any atom is 0.240 e. The van der Waals surface area contributed by atoms with Crippen LogP contribution in [0.2, 0.25) is 0 Å². The molecule has 0 radical (unpaired) electrons. The Morgan fingerprint density at radius 1 is 1.17 bits per heavy atom. The fourth-order valence-corrected chi connectivity index (χ4v) is 4.90. The van der Waals surface area contributed by atoms with E-state index in [-0.39, 0.29) is 16.9 Å². The molecule has 1 aromatic carbocycles. The maximum absolute atomic E-state index is 12.8. The topological polar surface area (TPSA) is 121 Å². The van der Waals surface area contributed by atoms with Gasteiger partial charge in [0.1, 0.15) is 5.82 Å². The van der Waals surface area contributed by atoms with Crippen molar-refractivity contribution in [1.82, 2.24) is 14.7 Å². The van der Waals surface area contributed by atoms with Gasteiger partial charge in [-0.2, -0.15) is 0 Å². The molecule has 0 unspecified atom stereocenters. The Balaban J connectivity index is 1.65. The van der Waals surface area contributed by atoms with Crippen LogP contribution in [-0.4, -0.2) is 36.1 Å². The van der Waals surface area contributed by atoms with Crippen molar-refractivity contribution in [2.24, 2.45) is 5.92 Å². The van der Waals surface area contributed by atoms with Gasteiger partial charge in [-0.15, -0.1) is 0 Å². The average Bonchev–Trinajstić information content (AvgIpc) is 3.11. The highest BCUT2D eigenvalue weighted by Crippen LogP contribution is 2.32. The number of aliphatic hydroxyl groups excluding tert-OH is 1. The minimum Gasteiger partial charge on any atom is -0.393 e. The number of rotatable bonds is 6. The summed E-state index contributed by atoms with van der Waals surface area (Å²) in [6.07, 6.45) is 2.64. The van der Waals surface area contributed by atoms with Crippen LogP contribution in [0.15, 0.2) is 47.5 Å². The summed E-state index contributed by atoms with van der Waals surface area (Å²) in [6.45, 7) is 4.23. The molecule has 0 amide bonds. The third kappa shape index (κ3) is 4.12. The number of hydrogen-bond acceptors (Lipinski definition) is 5. The zero-order valence-electron chi connectivity index (χ0n) is 17.0. The molecule has 7 nitrogen and oxygen atoms in total. The van der Waals surface area contributed by atoms with Crippen LogP contribution in [0.1, 0.15) is 24.1 Å². The quantitative estimate of drug-likeness (QED) is 0.483. The summed E-state index contributed by atoms with van der Waals surface area (Å²) in [6, 6.07) is 10.9. The largest absolute Gasteiger partial charge is 0.393 e. The maximum atomic E-state index is 12.8. The molecular weight excluding hydrogens is 400 g/mol. The second-order valence-corrected chi connectivity index (χ2v) is 9.80. The number of sulfonamides is 1. The fraction of sp³-hybridized carbons (Fsp3) is 0.318. The van der Waals surface area contributed by atoms with Crippen LogP contribution in [0.5, 0.6) is 0 Å². The molecule has 0 saturated heterocycles. The number of benzene rings is 1. The van der Waals surface area contributed by atoms with E-state index in [0.717, 1.165) is 33.6 Å². The zero-order chi connectivity index (χ0) is 21.5. The molecule has 2 heterocycles. The molecule has 5 N–H and O–H groups in total. The van der Waals surface area contributed by atoms with Gasteiger partial charge in [-0.3, -0.25) is 0 Å². The second kappa shape index (κ2) is 7.86. The van der Waals surface area contributed by atoms with Crippen molar-refractivity contribution in [2.75, 3.05) is 12.3 Å². The van der Waals surface area contributed by atoms with E-state index in [1.807, 2.05) is 32.0 Å². The summed E-state index contributed by atoms with van der Waals surface area (Å²) in [5.74, 6) is 0.596. The molecule has 1 aliphatic rings. The molecule has 3 aromatic rings. The highest BCUT2D eigenvalue weighted by Gasteiger charge is 2.28. The summed E-state index contributed by atoms with van der Waals surface area (Å²) in [4.78, 5) is 7.79. The first-order chi connectivity index (χ1) is 14.2. The third-order valence-electron chi connectivity index (χ3n) is 5.64. The normalized spacial score (nSPS) is 18.9. The van der Waals surface area contributed by atoms with Gasteiger partial charge in [0, 0.05) is 35.3 Å². The number of aromatic amines is 1. The first-order valence-corrected chi connectivity index (χ1v) is 11.4. The standard InChI is InChI=1S/C22H26N4O3S/c1-13-3-5-18(30(28,29)25-11-15-7-17(27)8-15)10-19(13)16-9-20(22(23)24-12-16)21-6-4-14(2)26-21/h3-6,9-10,12,15,17,25-27H,7-8,11H2,1-2H3,(H2,23,24). The van der Waals surface area contributed by atoms with Gasteiger partial charge < -0.3 is 15.8 Å². The van der Waals surface area contributed by atoms with Crippen molar-refractivity contribution in [3.8, 4) is 22.4 Å². The minimum atomic E-state index is -3.65. The Hall–Kier alpha value is -2.68. The molecule has 1 saturated carbocycles. The molecule has 8 heteroatoms. The first-order valence-electron chi connectivity index (χ1n) is 9.93. The molecular formula is C22H26N4O3S. The predicted molar refractivity (Wildman–Crippen MR) is 117 cm³/mol. The lowest BCUT2D eigenvalue weighted by Crippen LogP contribution is -2.38. The number of H-pyrrole nitrogens is 1. The number of nitrogens with one attached hydrogen (secondary N) is 2. The molecule has 1 fully saturated rings. The number of anilines is 1. The summed E-state index contributed by atoms with van der Waals surface area (Å²) < 4.78 is 28.2. The Bertz CT molecular complexity index is 1180. The molecule has 30 heavy (non-hydrogen) atoms.